The van der Waals surface area contributed by atoms with Gasteiger partial charge in [-0.15, -0.1) is 0 Å². The van der Waals surface area contributed by atoms with E-state index in [2.05, 4.69) is 0 Å². The summed E-state index contributed by atoms with van der Waals surface area (Å²) in [6.07, 6.45) is -0.419. The second-order valence-corrected chi connectivity index (χ2v) is 8.64. The molecule has 140 valence electrons. The third-order valence-corrected chi connectivity index (χ3v) is 6.37. The average Bonchev–Trinajstić information content (AvgIpc) is 2.62. The highest BCUT2D eigenvalue weighted by molar-refractivity contribution is 7.89. The van der Waals surface area contributed by atoms with E-state index in [1.54, 1.807) is 42.5 Å². The highest BCUT2D eigenvalue weighted by Crippen LogP contribution is 2.30. The molecule has 1 aliphatic heterocycles. The largest absolute Gasteiger partial charge is 0.494 e. The maximum absolute atomic E-state index is 12.9. The zero-order chi connectivity index (χ0) is 18.7. The van der Waals surface area contributed by atoms with Gasteiger partial charge in [0.2, 0.25) is 10.0 Å². The number of ether oxygens (including phenoxy) is 2. The topological polar surface area (TPSA) is 55.8 Å². The zero-order valence-electron chi connectivity index (χ0n) is 14.2. The van der Waals surface area contributed by atoms with Gasteiger partial charge in [-0.1, -0.05) is 23.2 Å². The maximum atomic E-state index is 12.9. The Hall–Kier alpha value is -1.31. The zero-order valence-corrected chi connectivity index (χ0v) is 16.5. The third kappa shape index (κ3) is 4.32. The van der Waals surface area contributed by atoms with E-state index < -0.39 is 16.1 Å². The number of benzene rings is 2. The van der Waals surface area contributed by atoms with E-state index in [1.165, 1.54) is 4.31 Å². The van der Waals surface area contributed by atoms with E-state index in [1.807, 2.05) is 6.92 Å². The quantitative estimate of drug-likeness (QED) is 0.735. The van der Waals surface area contributed by atoms with Crippen molar-refractivity contribution in [3.8, 4) is 5.75 Å². The lowest BCUT2D eigenvalue weighted by Gasteiger charge is -2.32. The summed E-state index contributed by atoms with van der Waals surface area (Å²) in [7, 11) is -3.62. The SMILES string of the molecule is CCOc1ccc(S(=O)(=O)N2CCOC(c3cc(Cl)cc(Cl)c3)C2)cc1. The van der Waals surface area contributed by atoms with Crippen LogP contribution < -0.4 is 4.74 Å². The van der Waals surface area contributed by atoms with E-state index in [9.17, 15) is 8.42 Å². The van der Waals surface area contributed by atoms with Crippen molar-refractivity contribution in [3.05, 3.63) is 58.1 Å². The molecule has 0 spiro atoms. The van der Waals surface area contributed by atoms with Crippen LogP contribution in [0.4, 0.5) is 0 Å². The monoisotopic (exact) mass is 415 g/mol. The summed E-state index contributed by atoms with van der Waals surface area (Å²) in [6.45, 7) is 3.19. The molecule has 1 atom stereocenters. The van der Waals surface area contributed by atoms with Gasteiger partial charge in [-0.25, -0.2) is 8.42 Å². The lowest BCUT2D eigenvalue weighted by atomic mass is 10.1. The molecule has 0 aromatic heterocycles. The summed E-state index contributed by atoms with van der Waals surface area (Å²) in [6, 6.07) is 11.5. The molecule has 0 saturated carbocycles. The molecule has 2 aromatic carbocycles. The molecule has 5 nitrogen and oxygen atoms in total. The highest BCUT2D eigenvalue weighted by atomic mass is 35.5. The second kappa shape index (κ2) is 8.15. The van der Waals surface area contributed by atoms with Crippen molar-refractivity contribution in [1.82, 2.24) is 4.31 Å². The van der Waals surface area contributed by atoms with Crippen molar-refractivity contribution in [2.45, 2.75) is 17.9 Å². The molecule has 1 heterocycles. The summed E-state index contributed by atoms with van der Waals surface area (Å²) in [5.74, 6) is 0.639. The van der Waals surface area contributed by atoms with Crippen LogP contribution in [-0.2, 0) is 14.8 Å². The third-order valence-electron chi connectivity index (χ3n) is 4.06. The molecular weight excluding hydrogens is 397 g/mol. The summed E-state index contributed by atoms with van der Waals surface area (Å²) >= 11 is 12.1. The summed E-state index contributed by atoms with van der Waals surface area (Å²) in [5, 5.41) is 0.977. The molecule has 0 aliphatic carbocycles. The Bertz CT molecular complexity index is 851. The van der Waals surface area contributed by atoms with E-state index in [0.29, 0.717) is 35.6 Å². The second-order valence-electron chi connectivity index (χ2n) is 5.83. The van der Waals surface area contributed by atoms with Gasteiger partial charge < -0.3 is 9.47 Å². The van der Waals surface area contributed by atoms with Crippen LogP contribution in [0.2, 0.25) is 10.0 Å². The number of halogens is 2. The van der Waals surface area contributed by atoms with E-state index in [-0.39, 0.29) is 11.4 Å². The molecular formula is C18H19Cl2NO4S. The summed E-state index contributed by atoms with van der Waals surface area (Å²) in [5.41, 5.74) is 0.758. The van der Waals surface area contributed by atoms with Crippen molar-refractivity contribution >= 4 is 33.2 Å². The molecule has 1 fully saturated rings. The van der Waals surface area contributed by atoms with Crippen LogP contribution in [0, 0.1) is 0 Å². The van der Waals surface area contributed by atoms with Gasteiger partial charge in [0.15, 0.2) is 0 Å². The van der Waals surface area contributed by atoms with Gasteiger partial charge >= 0.3 is 0 Å². The van der Waals surface area contributed by atoms with Crippen LogP contribution in [0.25, 0.3) is 0 Å². The molecule has 26 heavy (non-hydrogen) atoms. The minimum absolute atomic E-state index is 0.201. The van der Waals surface area contributed by atoms with Crippen molar-refractivity contribution in [1.29, 1.82) is 0 Å². The molecule has 3 rings (SSSR count). The van der Waals surface area contributed by atoms with Gasteiger partial charge in [-0.05, 0) is 55.0 Å². The Kier molecular flexibility index (Phi) is 6.10. The van der Waals surface area contributed by atoms with Crippen LogP contribution in [-0.4, -0.2) is 39.0 Å². The Morgan fingerprint density at radius 3 is 2.42 bits per heavy atom. The first-order valence-electron chi connectivity index (χ1n) is 8.21. The number of sulfonamides is 1. The Balaban J connectivity index is 1.81. The normalized spacial score (nSPS) is 18.7. The number of morpholine rings is 1. The van der Waals surface area contributed by atoms with Crippen LogP contribution >= 0.6 is 23.2 Å². The van der Waals surface area contributed by atoms with Crippen LogP contribution in [0.5, 0.6) is 5.75 Å². The van der Waals surface area contributed by atoms with Gasteiger partial charge in [-0.2, -0.15) is 4.31 Å². The Labute approximate surface area is 163 Å². The summed E-state index contributed by atoms with van der Waals surface area (Å²) < 4.78 is 38.4. The number of nitrogens with zero attached hydrogens (tertiary/aromatic N) is 1. The van der Waals surface area contributed by atoms with E-state index in [0.717, 1.165) is 5.56 Å². The lowest BCUT2D eigenvalue weighted by molar-refractivity contribution is -0.00254. The minimum Gasteiger partial charge on any atom is -0.494 e. The van der Waals surface area contributed by atoms with E-state index >= 15 is 0 Å². The summed E-state index contributed by atoms with van der Waals surface area (Å²) in [4.78, 5) is 0.228. The fraction of sp³-hybridized carbons (Fsp3) is 0.333. The number of hydrogen-bond donors (Lipinski definition) is 0. The molecule has 2 aromatic rings. The van der Waals surface area contributed by atoms with Crippen LogP contribution in [0.15, 0.2) is 47.4 Å². The molecule has 1 aliphatic rings. The Morgan fingerprint density at radius 2 is 1.81 bits per heavy atom. The van der Waals surface area contributed by atoms with Gasteiger partial charge in [0.05, 0.1) is 24.2 Å². The molecule has 0 radical (unpaired) electrons. The van der Waals surface area contributed by atoms with Gasteiger partial charge in [-0.3, -0.25) is 0 Å². The first kappa shape index (κ1) is 19.5. The fourth-order valence-corrected chi connectivity index (χ4v) is 4.80. The highest BCUT2D eigenvalue weighted by Gasteiger charge is 2.31. The van der Waals surface area contributed by atoms with Crippen LogP contribution in [0.1, 0.15) is 18.6 Å². The predicted octanol–water partition coefficient (Wildman–Crippen LogP) is 4.15. The molecule has 8 heteroatoms. The predicted molar refractivity (Wildman–Crippen MR) is 102 cm³/mol. The maximum Gasteiger partial charge on any atom is 0.243 e. The van der Waals surface area contributed by atoms with Crippen molar-refractivity contribution < 1.29 is 17.9 Å². The molecule has 1 saturated heterocycles. The number of hydrogen-bond acceptors (Lipinski definition) is 4. The van der Waals surface area contributed by atoms with E-state index in [4.69, 9.17) is 32.7 Å². The fourth-order valence-electron chi connectivity index (χ4n) is 2.83. The van der Waals surface area contributed by atoms with Crippen molar-refractivity contribution in [2.24, 2.45) is 0 Å². The van der Waals surface area contributed by atoms with Gasteiger partial charge in [0, 0.05) is 23.1 Å². The molecule has 0 N–H and O–H groups in total. The first-order chi connectivity index (χ1) is 12.4. The molecule has 0 amide bonds. The molecule has 1 unspecified atom stereocenters. The Morgan fingerprint density at radius 1 is 1.15 bits per heavy atom. The number of rotatable bonds is 5. The molecule has 0 bridgehead atoms. The smallest absolute Gasteiger partial charge is 0.243 e. The van der Waals surface area contributed by atoms with Crippen molar-refractivity contribution in [3.63, 3.8) is 0 Å². The van der Waals surface area contributed by atoms with Crippen LogP contribution in [0.3, 0.4) is 0 Å². The van der Waals surface area contributed by atoms with Gasteiger partial charge in [0.25, 0.3) is 0 Å². The minimum atomic E-state index is -3.62. The van der Waals surface area contributed by atoms with Crippen molar-refractivity contribution in [2.75, 3.05) is 26.3 Å². The van der Waals surface area contributed by atoms with Gasteiger partial charge in [0.1, 0.15) is 5.75 Å². The first-order valence-corrected chi connectivity index (χ1v) is 10.4. The average molecular weight is 416 g/mol. The standard InChI is InChI=1S/C18H19Cl2NO4S/c1-2-24-16-3-5-17(6-4-16)26(22,23)21-7-8-25-18(12-21)13-9-14(19)11-15(20)10-13/h3-6,9-11,18H,2,7-8,12H2,1H3. The lowest BCUT2D eigenvalue weighted by Crippen LogP contribution is -2.42.